The van der Waals surface area contributed by atoms with Gasteiger partial charge in [0.25, 0.3) is 5.56 Å². The molecule has 1 unspecified atom stereocenters. The summed E-state index contributed by atoms with van der Waals surface area (Å²) in [5.74, 6) is 1.10. The van der Waals surface area contributed by atoms with Gasteiger partial charge < -0.3 is 10.2 Å². The Labute approximate surface area is 216 Å². The Morgan fingerprint density at radius 2 is 1.92 bits per heavy atom. The number of fused-ring (bicyclic) bond motifs is 2. The molecular weight excluding hydrogens is 469 g/mol. The van der Waals surface area contributed by atoms with Crippen LogP contribution in [-0.2, 0) is 18.5 Å². The predicted octanol–water partition coefficient (Wildman–Crippen LogP) is 4.93. The second-order valence-corrected chi connectivity index (χ2v) is 10.8. The number of halogens is 1. The monoisotopic (exact) mass is 503 g/mol. The molecule has 0 amide bonds. The van der Waals surface area contributed by atoms with Crippen LogP contribution in [0.4, 0.5) is 15.9 Å². The van der Waals surface area contributed by atoms with Crippen LogP contribution in [0.3, 0.4) is 0 Å². The number of aromatic nitrogens is 5. The number of hydrogen-bond donors (Lipinski definition) is 1. The van der Waals surface area contributed by atoms with Crippen molar-refractivity contribution in [2.45, 2.75) is 64.7 Å². The molecule has 0 saturated heterocycles. The van der Waals surface area contributed by atoms with Crippen molar-refractivity contribution in [2.75, 3.05) is 19.4 Å². The van der Waals surface area contributed by atoms with Crippen molar-refractivity contribution in [2.24, 2.45) is 0 Å². The normalized spacial score (nSPS) is 16.0. The lowest BCUT2D eigenvalue weighted by Crippen LogP contribution is -2.33. The van der Waals surface area contributed by atoms with Crippen molar-refractivity contribution in [3.05, 3.63) is 70.0 Å². The van der Waals surface area contributed by atoms with Gasteiger partial charge in [0.15, 0.2) is 17.3 Å². The lowest BCUT2D eigenvalue weighted by Gasteiger charge is -2.30. The fourth-order valence-electron chi connectivity index (χ4n) is 5.04. The second-order valence-electron chi connectivity index (χ2n) is 10.8. The molecule has 0 fully saturated rings. The molecule has 37 heavy (non-hydrogen) atoms. The highest BCUT2D eigenvalue weighted by Gasteiger charge is 2.25. The summed E-state index contributed by atoms with van der Waals surface area (Å²) in [7, 11) is 4.27. The smallest absolute Gasteiger partial charge is 0.276 e. The molecule has 1 aliphatic rings. The first-order valence-corrected chi connectivity index (χ1v) is 12.7. The highest BCUT2D eigenvalue weighted by molar-refractivity contribution is 5.82. The molecule has 4 aromatic rings. The molecule has 5 rings (SSSR count). The molecule has 1 N–H and O–H groups in total. The summed E-state index contributed by atoms with van der Waals surface area (Å²) in [6.07, 6.45) is 6.38. The minimum absolute atomic E-state index is 0.0621. The summed E-state index contributed by atoms with van der Waals surface area (Å²) < 4.78 is 18.0. The molecule has 0 radical (unpaired) electrons. The Bertz CT molecular complexity index is 1510. The SMILES string of the molecule is CC(C)n1c(=O)c2cnc(Nc3ccc4c(c3)CC(N(C)C)CC4)cc2n1-c1ccnc(C(C)(C)F)n1. The van der Waals surface area contributed by atoms with Crippen molar-refractivity contribution < 1.29 is 4.39 Å². The molecule has 0 saturated carbocycles. The molecule has 0 bridgehead atoms. The van der Waals surface area contributed by atoms with E-state index in [-0.39, 0.29) is 17.4 Å². The largest absolute Gasteiger partial charge is 0.340 e. The van der Waals surface area contributed by atoms with Crippen molar-refractivity contribution in [3.63, 3.8) is 0 Å². The number of nitrogens with one attached hydrogen (secondary N) is 1. The molecule has 3 aromatic heterocycles. The van der Waals surface area contributed by atoms with Gasteiger partial charge >= 0.3 is 0 Å². The molecule has 3 heterocycles. The zero-order valence-electron chi connectivity index (χ0n) is 22.3. The molecule has 1 aliphatic carbocycles. The Hall–Kier alpha value is -3.59. The maximum Gasteiger partial charge on any atom is 0.276 e. The second kappa shape index (κ2) is 9.37. The molecule has 8 nitrogen and oxygen atoms in total. The summed E-state index contributed by atoms with van der Waals surface area (Å²) in [5.41, 5.74) is 2.45. The zero-order valence-corrected chi connectivity index (χ0v) is 22.3. The van der Waals surface area contributed by atoms with Crippen LogP contribution < -0.4 is 10.9 Å². The maximum absolute atomic E-state index is 14.7. The lowest BCUT2D eigenvalue weighted by molar-refractivity contribution is 0.206. The van der Waals surface area contributed by atoms with Crippen molar-refractivity contribution in [3.8, 4) is 5.82 Å². The standard InChI is InChI=1S/C28H34FN7O/c1-17(2)35-26(37)22-16-31-24(15-23(22)36(35)25-11-12-30-27(33-25)28(3,4)29)32-20-9-7-18-8-10-21(34(5)6)14-19(18)13-20/h7,9,11-13,15-17,21H,8,10,14H2,1-6H3,(H,31,32). The number of aryl methyl sites for hydroxylation is 1. The van der Waals surface area contributed by atoms with Gasteiger partial charge in [-0.15, -0.1) is 0 Å². The van der Waals surface area contributed by atoms with E-state index in [1.807, 2.05) is 19.9 Å². The van der Waals surface area contributed by atoms with Crippen molar-refractivity contribution in [1.82, 2.24) is 29.2 Å². The third-order valence-corrected chi connectivity index (χ3v) is 7.05. The van der Waals surface area contributed by atoms with E-state index in [0.29, 0.717) is 28.6 Å². The van der Waals surface area contributed by atoms with Gasteiger partial charge in [-0.25, -0.2) is 28.7 Å². The third-order valence-electron chi connectivity index (χ3n) is 7.05. The minimum atomic E-state index is -1.71. The van der Waals surface area contributed by atoms with E-state index in [1.165, 1.54) is 37.6 Å². The number of benzene rings is 1. The number of rotatable bonds is 6. The van der Waals surface area contributed by atoms with Crippen molar-refractivity contribution >= 4 is 22.4 Å². The van der Waals surface area contributed by atoms with Crippen LogP contribution >= 0.6 is 0 Å². The van der Waals surface area contributed by atoms with Gasteiger partial charge in [-0.3, -0.25) is 4.79 Å². The summed E-state index contributed by atoms with van der Waals surface area (Å²) in [4.78, 5) is 28.7. The molecule has 194 valence electrons. The zero-order chi connectivity index (χ0) is 26.5. The maximum atomic E-state index is 14.7. The van der Waals surface area contributed by atoms with Crippen LogP contribution in [0.5, 0.6) is 0 Å². The average Bonchev–Trinajstić information content (AvgIpc) is 3.15. The Kier molecular flexibility index (Phi) is 6.35. The van der Waals surface area contributed by atoms with Gasteiger partial charge in [0, 0.05) is 42.3 Å². The summed E-state index contributed by atoms with van der Waals surface area (Å²) >= 11 is 0. The number of nitrogens with zero attached hydrogens (tertiary/aromatic N) is 6. The van der Waals surface area contributed by atoms with Crippen LogP contribution in [0.1, 0.15) is 57.1 Å². The molecule has 0 spiro atoms. The number of anilines is 2. The topological polar surface area (TPSA) is 80.9 Å². The van der Waals surface area contributed by atoms with Gasteiger partial charge in [-0.1, -0.05) is 6.07 Å². The van der Waals surface area contributed by atoms with E-state index in [2.05, 4.69) is 57.5 Å². The molecule has 0 aliphatic heterocycles. The Balaban J connectivity index is 1.57. The fourth-order valence-corrected chi connectivity index (χ4v) is 5.04. The minimum Gasteiger partial charge on any atom is -0.340 e. The molecular formula is C28H34FN7O. The number of alkyl halides is 1. The summed E-state index contributed by atoms with van der Waals surface area (Å²) in [5, 5.41) is 3.89. The van der Waals surface area contributed by atoms with Gasteiger partial charge in [0.05, 0.1) is 10.9 Å². The summed E-state index contributed by atoms with van der Waals surface area (Å²) in [6, 6.07) is 10.4. The third kappa shape index (κ3) is 4.75. The number of pyridine rings is 1. The first-order chi connectivity index (χ1) is 17.5. The Morgan fingerprint density at radius 3 is 2.62 bits per heavy atom. The van der Waals surface area contributed by atoms with Gasteiger partial charge in [0.2, 0.25) is 0 Å². The lowest BCUT2D eigenvalue weighted by atomic mass is 9.87. The van der Waals surface area contributed by atoms with E-state index in [0.717, 1.165) is 18.5 Å². The first-order valence-electron chi connectivity index (χ1n) is 12.7. The summed E-state index contributed by atoms with van der Waals surface area (Å²) in [6.45, 7) is 6.69. The van der Waals surface area contributed by atoms with Gasteiger partial charge in [-0.05, 0) is 84.3 Å². The highest BCUT2D eigenvalue weighted by Crippen LogP contribution is 2.29. The van der Waals surface area contributed by atoms with E-state index < -0.39 is 5.67 Å². The first kappa shape index (κ1) is 25.1. The van der Waals surface area contributed by atoms with E-state index in [1.54, 1.807) is 21.6 Å². The highest BCUT2D eigenvalue weighted by atomic mass is 19.1. The Morgan fingerprint density at radius 1 is 1.14 bits per heavy atom. The van der Waals surface area contributed by atoms with E-state index >= 15 is 0 Å². The van der Waals surface area contributed by atoms with E-state index in [4.69, 9.17) is 0 Å². The van der Waals surface area contributed by atoms with Gasteiger partial charge in [-0.2, -0.15) is 0 Å². The van der Waals surface area contributed by atoms with Crippen LogP contribution in [0.2, 0.25) is 0 Å². The van der Waals surface area contributed by atoms with Crippen LogP contribution in [-0.4, -0.2) is 49.4 Å². The average molecular weight is 504 g/mol. The molecule has 1 aromatic carbocycles. The number of hydrogen-bond acceptors (Lipinski definition) is 6. The van der Waals surface area contributed by atoms with Crippen LogP contribution in [0.25, 0.3) is 16.7 Å². The van der Waals surface area contributed by atoms with Crippen LogP contribution in [0, 0.1) is 0 Å². The van der Waals surface area contributed by atoms with E-state index in [9.17, 15) is 9.18 Å². The van der Waals surface area contributed by atoms with Crippen LogP contribution in [0.15, 0.2) is 47.5 Å². The molecule has 9 heteroatoms. The number of likely N-dealkylation sites (N-methyl/N-ethyl adjacent to an activating group) is 1. The van der Waals surface area contributed by atoms with Crippen molar-refractivity contribution in [1.29, 1.82) is 0 Å². The van der Waals surface area contributed by atoms with Gasteiger partial charge in [0.1, 0.15) is 5.82 Å². The fraction of sp³-hybridized carbons (Fsp3) is 0.429. The molecule has 1 atom stereocenters. The predicted molar refractivity (Wildman–Crippen MR) is 145 cm³/mol. The quantitative estimate of drug-likeness (QED) is 0.402.